The summed E-state index contributed by atoms with van der Waals surface area (Å²) in [5.41, 5.74) is 0.437. The van der Waals surface area contributed by atoms with Crippen molar-refractivity contribution in [1.29, 1.82) is 0 Å². The quantitative estimate of drug-likeness (QED) is 0.761. The van der Waals surface area contributed by atoms with Gasteiger partial charge in [-0.1, -0.05) is 18.2 Å². The number of carbonyl (C=O) groups is 2. The summed E-state index contributed by atoms with van der Waals surface area (Å²) in [7, 11) is 0. The van der Waals surface area contributed by atoms with E-state index < -0.39 is 18.3 Å². The monoisotopic (exact) mass is 364 g/mol. The smallest absolute Gasteiger partial charge is 0.387 e. The summed E-state index contributed by atoms with van der Waals surface area (Å²) in [5, 5.41) is 4.78. The lowest BCUT2D eigenvalue weighted by atomic mass is 10.2. The van der Waals surface area contributed by atoms with Gasteiger partial charge >= 0.3 is 6.61 Å². The molecule has 2 N–H and O–H groups in total. The molecule has 0 aromatic heterocycles. The van der Waals surface area contributed by atoms with Crippen molar-refractivity contribution in [3.63, 3.8) is 0 Å². The van der Waals surface area contributed by atoms with Crippen molar-refractivity contribution >= 4 is 29.3 Å². The second kappa shape index (κ2) is 8.70. The second-order valence-corrected chi connectivity index (χ2v) is 5.11. The molecule has 2 amide bonds. The molecule has 0 saturated carbocycles. The van der Waals surface area contributed by atoms with Gasteiger partial charge in [-0.3, -0.25) is 9.59 Å². The van der Waals surface area contributed by atoms with Crippen molar-refractivity contribution in [3.8, 4) is 5.75 Å². The van der Waals surface area contributed by atoms with E-state index in [-0.39, 0.29) is 22.9 Å². The molecule has 0 aliphatic carbocycles. The highest BCUT2D eigenvalue weighted by atomic mass is 19.3. The molecule has 0 radical (unpaired) electrons. The van der Waals surface area contributed by atoms with Crippen LogP contribution in [0.3, 0.4) is 0 Å². The van der Waals surface area contributed by atoms with Gasteiger partial charge in [-0.2, -0.15) is 8.78 Å². The van der Waals surface area contributed by atoms with E-state index in [1.165, 1.54) is 43.3 Å². The largest absolute Gasteiger partial charge is 0.434 e. The van der Waals surface area contributed by atoms with Crippen LogP contribution in [0.25, 0.3) is 6.08 Å². The number of hydrogen-bond acceptors (Lipinski definition) is 3. The average Bonchev–Trinajstić information content (AvgIpc) is 2.56. The summed E-state index contributed by atoms with van der Waals surface area (Å²) in [5.74, 6) is -1.81. The summed E-state index contributed by atoms with van der Waals surface area (Å²) in [6, 6.07) is 9.62. The van der Waals surface area contributed by atoms with Crippen LogP contribution in [0.1, 0.15) is 12.5 Å². The minimum Gasteiger partial charge on any atom is -0.434 e. The molecule has 0 heterocycles. The number of amides is 2. The van der Waals surface area contributed by atoms with E-state index in [0.29, 0.717) is 5.69 Å². The van der Waals surface area contributed by atoms with E-state index in [0.717, 1.165) is 12.1 Å². The third kappa shape index (κ3) is 5.66. The molecule has 2 aromatic rings. The Labute approximate surface area is 147 Å². The summed E-state index contributed by atoms with van der Waals surface area (Å²) in [6.45, 7) is -1.70. The van der Waals surface area contributed by atoms with E-state index in [4.69, 9.17) is 0 Å². The molecule has 2 rings (SSSR count). The zero-order chi connectivity index (χ0) is 19.1. The van der Waals surface area contributed by atoms with Crippen LogP contribution < -0.4 is 15.4 Å². The maximum atomic E-state index is 13.8. The molecule has 0 aliphatic heterocycles. The lowest BCUT2D eigenvalue weighted by molar-refractivity contribution is -0.114. The number of nitrogens with one attached hydrogen (secondary N) is 2. The standard InChI is InChI=1S/C18H15F3N2O3/c1-11(24)22-13-7-8-14(19)15(10-13)23-17(25)9-6-12-4-2-3-5-16(12)26-18(20)21/h2-10,18H,1H3,(H,22,24)(H,23,25)/b9-6+. The van der Waals surface area contributed by atoms with Crippen LogP contribution in [-0.2, 0) is 9.59 Å². The molecular formula is C18H15F3N2O3. The molecule has 0 atom stereocenters. The number of anilines is 2. The average molecular weight is 364 g/mol. The van der Waals surface area contributed by atoms with Crippen molar-refractivity contribution in [2.45, 2.75) is 13.5 Å². The molecule has 0 spiro atoms. The first kappa shape index (κ1) is 19.0. The van der Waals surface area contributed by atoms with Gasteiger partial charge in [0.15, 0.2) is 0 Å². The second-order valence-electron chi connectivity index (χ2n) is 5.11. The van der Waals surface area contributed by atoms with Crippen LogP contribution in [0.2, 0.25) is 0 Å². The Morgan fingerprint density at radius 1 is 1.12 bits per heavy atom. The fourth-order valence-corrected chi connectivity index (χ4v) is 2.06. The van der Waals surface area contributed by atoms with Gasteiger partial charge in [0.1, 0.15) is 11.6 Å². The molecule has 0 unspecified atom stereocenters. The number of benzene rings is 2. The van der Waals surface area contributed by atoms with Crippen molar-refractivity contribution in [2.24, 2.45) is 0 Å². The molecule has 136 valence electrons. The molecule has 8 heteroatoms. The number of para-hydroxylation sites is 1. The van der Waals surface area contributed by atoms with Crippen molar-refractivity contribution < 1.29 is 27.5 Å². The molecular weight excluding hydrogens is 349 g/mol. The molecule has 2 aromatic carbocycles. The van der Waals surface area contributed by atoms with Gasteiger partial charge in [-0.15, -0.1) is 0 Å². The minimum atomic E-state index is -3.00. The summed E-state index contributed by atoms with van der Waals surface area (Å²) in [6.07, 6.45) is 2.32. The van der Waals surface area contributed by atoms with E-state index in [9.17, 15) is 22.8 Å². The zero-order valence-corrected chi connectivity index (χ0v) is 13.6. The predicted octanol–water partition coefficient (Wildman–Crippen LogP) is 4.04. The number of carbonyl (C=O) groups excluding carboxylic acids is 2. The summed E-state index contributed by atoms with van der Waals surface area (Å²) < 4.78 is 42.9. The highest BCUT2D eigenvalue weighted by Crippen LogP contribution is 2.22. The highest BCUT2D eigenvalue weighted by Gasteiger charge is 2.09. The van der Waals surface area contributed by atoms with Crippen LogP contribution in [0.5, 0.6) is 5.75 Å². The van der Waals surface area contributed by atoms with Gasteiger partial charge in [-0.05, 0) is 30.3 Å². The first-order valence-electron chi connectivity index (χ1n) is 7.45. The van der Waals surface area contributed by atoms with Crippen LogP contribution >= 0.6 is 0 Å². The fourth-order valence-electron chi connectivity index (χ4n) is 2.06. The van der Waals surface area contributed by atoms with E-state index in [2.05, 4.69) is 15.4 Å². The SMILES string of the molecule is CC(=O)Nc1ccc(F)c(NC(=O)/C=C/c2ccccc2OC(F)F)c1. The number of hydrogen-bond donors (Lipinski definition) is 2. The Kier molecular flexibility index (Phi) is 6.37. The topological polar surface area (TPSA) is 67.4 Å². The van der Waals surface area contributed by atoms with Crippen LogP contribution in [0.15, 0.2) is 48.5 Å². The van der Waals surface area contributed by atoms with Crippen molar-refractivity contribution in [2.75, 3.05) is 10.6 Å². The Morgan fingerprint density at radius 2 is 1.85 bits per heavy atom. The molecule has 0 fully saturated rings. The van der Waals surface area contributed by atoms with Crippen LogP contribution in [-0.4, -0.2) is 18.4 Å². The Morgan fingerprint density at radius 3 is 2.54 bits per heavy atom. The van der Waals surface area contributed by atoms with Gasteiger partial charge in [0.2, 0.25) is 11.8 Å². The van der Waals surface area contributed by atoms with Gasteiger partial charge in [0.25, 0.3) is 0 Å². The lowest BCUT2D eigenvalue weighted by Gasteiger charge is -2.08. The van der Waals surface area contributed by atoms with Gasteiger partial charge in [0, 0.05) is 24.3 Å². The fraction of sp³-hybridized carbons (Fsp3) is 0.111. The third-order valence-electron chi connectivity index (χ3n) is 3.09. The first-order chi connectivity index (χ1) is 12.3. The molecule has 0 bridgehead atoms. The maximum absolute atomic E-state index is 13.8. The maximum Gasteiger partial charge on any atom is 0.387 e. The van der Waals surface area contributed by atoms with Gasteiger partial charge in [0.05, 0.1) is 5.69 Å². The Hall–Kier alpha value is -3.29. The van der Waals surface area contributed by atoms with Gasteiger partial charge < -0.3 is 15.4 Å². The highest BCUT2D eigenvalue weighted by molar-refractivity contribution is 6.02. The summed E-state index contributed by atoms with van der Waals surface area (Å²) in [4.78, 5) is 23.0. The van der Waals surface area contributed by atoms with Gasteiger partial charge in [-0.25, -0.2) is 4.39 Å². The predicted molar refractivity (Wildman–Crippen MR) is 91.4 cm³/mol. The summed E-state index contributed by atoms with van der Waals surface area (Å²) >= 11 is 0. The first-order valence-corrected chi connectivity index (χ1v) is 7.45. The zero-order valence-electron chi connectivity index (χ0n) is 13.6. The van der Waals surface area contributed by atoms with E-state index >= 15 is 0 Å². The van der Waals surface area contributed by atoms with Crippen LogP contribution in [0, 0.1) is 5.82 Å². The molecule has 0 saturated heterocycles. The van der Waals surface area contributed by atoms with Crippen molar-refractivity contribution in [3.05, 3.63) is 59.9 Å². The normalized spacial score (nSPS) is 10.8. The van der Waals surface area contributed by atoms with Crippen molar-refractivity contribution in [1.82, 2.24) is 0 Å². The number of rotatable bonds is 6. The van der Waals surface area contributed by atoms with Crippen LogP contribution in [0.4, 0.5) is 24.5 Å². The third-order valence-corrected chi connectivity index (χ3v) is 3.09. The van der Waals surface area contributed by atoms with E-state index in [1.807, 2.05) is 0 Å². The lowest BCUT2D eigenvalue weighted by Crippen LogP contribution is -2.11. The Bertz CT molecular complexity index is 838. The van der Waals surface area contributed by atoms with E-state index in [1.54, 1.807) is 6.07 Å². The minimum absolute atomic E-state index is 0.0922. The molecule has 5 nitrogen and oxygen atoms in total. The number of alkyl halides is 2. The molecule has 26 heavy (non-hydrogen) atoms. The number of halogens is 3. The Balaban J connectivity index is 2.12. The number of ether oxygens (including phenoxy) is 1. The molecule has 0 aliphatic rings.